The Kier molecular flexibility index (Phi) is 4.04. The average molecular weight is 268 g/mol. The molecule has 0 aromatic carbocycles. The van der Waals surface area contributed by atoms with Gasteiger partial charge in [0, 0.05) is 20.0 Å². The SMILES string of the molecule is Cn1nc(OC2CCCCC2CN)c(=O)n(C)c1=O. The zero-order chi connectivity index (χ0) is 14.0. The van der Waals surface area contributed by atoms with Gasteiger partial charge in [-0.2, -0.15) is 0 Å². The highest BCUT2D eigenvalue weighted by atomic mass is 16.5. The molecule has 1 aromatic rings. The fraction of sp³-hybridized carbons (Fsp3) is 0.750. The Balaban J connectivity index is 2.28. The zero-order valence-electron chi connectivity index (χ0n) is 11.3. The number of rotatable bonds is 3. The fourth-order valence-corrected chi connectivity index (χ4v) is 2.48. The van der Waals surface area contributed by atoms with Crippen molar-refractivity contribution in [3.8, 4) is 5.88 Å². The molecule has 0 spiro atoms. The van der Waals surface area contributed by atoms with Gasteiger partial charge in [-0.3, -0.25) is 9.36 Å². The summed E-state index contributed by atoms with van der Waals surface area (Å²) in [5.41, 5.74) is 4.77. The molecule has 0 bridgehead atoms. The van der Waals surface area contributed by atoms with Crippen LogP contribution in [0.5, 0.6) is 5.88 Å². The van der Waals surface area contributed by atoms with Crippen LogP contribution in [0, 0.1) is 5.92 Å². The predicted octanol–water partition coefficient (Wildman–Crippen LogP) is -0.625. The molecule has 2 atom stereocenters. The largest absolute Gasteiger partial charge is 0.469 e. The summed E-state index contributed by atoms with van der Waals surface area (Å²) in [6.07, 6.45) is 3.99. The Morgan fingerprint density at radius 3 is 2.68 bits per heavy atom. The van der Waals surface area contributed by atoms with Gasteiger partial charge >= 0.3 is 11.2 Å². The third kappa shape index (κ3) is 2.70. The van der Waals surface area contributed by atoms with Crippen molar-refractivity contribution in [2.24, 2.45) is 25.7 Å². The highest BCUT2D eigenvalue weighted by Crippen LogP contribution is 2.26. The number of ether oxygens (including phenoxy) is 1. The average Bonchev–Trinajstić information content (AvgIpc) is 2.43. The second-order valence-electron chi connectivity index (χ2n) is 5.01. The molecule has 2 unspecified atom stereocenters. The van der Waals surface area contributed by atoms with E-state index in [0.717, 1.165) is 34.9 Å². The molecule has 0 saturated heterocycles. The van der Waals surface area contributed by atoms with Gasteiger partial charge in [-0.1, -0.05) is 6.42 Å². The van der Waals surface area contributed by atoms with Gasteiger partial charge in [-0.15, -0.1) is 5.10 Å². The molecule has 106 valence electrons. The number of hydrogen-bond acceptors (Lipinski definition) is 5. The molecule has 0 aliphatic heterocycles. The lowest BCUT2D eigenvalue weighted by molar-refractivity contribution is 0.0872. The second kappa shape index (κ2) is 5.56. The molecule has 0 amide bonds. The lowest BCUT2D eigenvalue weighted by atomic mass is 9.86. The molecule has 1 aliphatic rings. The van der Waals surface area contributed by atoms with Gasteiger partial charge in [0.1, 0.15) is 6.10 Å². The van der Waals surface area contributed by atoms with Crippen molar-refractivity contribution in [1.29, 1.82) is 0 Å². The monoisotopic (exact) mass is 268 g/mol. The van der Waals surface area contributed by atoms with Gasteiger partial charge in [0.2, 0.25) is 0 Å². The molecule has 1 fully saturated rings. The van der Waals surface area contributed by atoms with Crippen molar-refractivity contribution >= 4 is 0 Å². The second-order valence-corrected chi connectivity index (χ2v) is 5.01. The van der Waals surface area contributed by atoms with E-state index in [1.807, 2.05) is 0 Å². The molecule has 1 aromatic heterocycles. The molecular weight excluding hydrogens is 248 g/mol. The van der Waals surface area contributed by atoms with Gasteiger partial charge in [-0.05, 0) is 25.8 Å². The van der Waals surface area contributed by atoms with Crippen molar-refractivity contribution in [2.75, 3.05) is 6.54 Å². The molecule has 19 heavy (non-hydrogen) atoms. The van der Waals surface area contributed by atoms with Gasteiger partial charge in [0.15, 0.2) is 0 Å². The van der Waals surface area contributed by atoms with Gasteiger partial charge in [-0.25, -0.2) is 9.48 Å². The van der Waals surface area contributed by atoms with E-state index < -0.39 is 11.2 Å². The van der Waals surface area contributed by atoms with Crippen LogP contribution in [0.2, 0.25) is 0 Å². The molecule has 2 rings (SSSR count). The van der Waals surface area contributed by atoms with E-state index in [9.17, 15) is 9.59 Å². The minimum atomic E-state index is -0.496. The maximum Gasteiger partial charge on any atom is 0.347 e. The summed E-state index contributed by atoms with van der Waals surface area (Å²) in [5, 5.41) is 3.90. The summed E-state index contributed by atoms with van der Waals surface area (Å²) in [4.78, 5) is 23.5. The van der Waals surface area contributed by atoms with Crippen LogP contribution >= 0.6 is 0 Å². The van der Waals surface area contributed by atoms with Crippen LogP contribution in [-0.4, -0.2) is 27.0 Å². The van der Waals surface area contributed by atoms with Crippen molar-refractivity contribution < 1.29 is 4.74 Å². The predicted molar refractivity (Wildman–Crippen MR) is 70.1 cm³/mol. The Hall–Kier alpha value is -1.63. The summed E-state index contributed by atoms with van der Waals surface area (Å²) >= 11 is 0. The Morgan fingerprint density at radius 1 is 1.32 bits per heavy atom. The standard InChI is InChI=1S/C12H20N4O3/c1-15-11(17)10(14-16(2)12(15)18)19-9-6-4-3-5-8(9)7-13/h8-9H,3-7,13H2,1-2H3. The zero-order valence-corrected chi connectivity index (χ0v) is 11.3. The van der Waals surface area contributed by atoms with E-state index in [2.05, 4.69) is 5.10 Å². The van der Waals surface area contributed by atoms with Gasteiger partial charge < -0.3 is 10.5 Å². The maximum absolute atomic E-state index is 11.9. The number of hydrogen-bond donors (Lipinski definition) is 1. The molecular formula is C12H20N4O3. The van der Waals surface area contributed by atoms with E-state index in [1.54, 1.807) is 0 Å². The molecule has 1 heterocycles. The highest BCUT2D eigenvalue weighted by molar-refractivity contribution is 5.03. The first kappa shape index (κ1) is 13.8. The van der Waals surface area contributed by atoms with E-state index in [4.69, 9.17) is 10.5 Å². The number of aryl methyl sites for hydroxylation is 1. The van der Waals surface area contributed by atoms with Crippen molar-refractivity contribution in [3.05, 3.63) is 20.8 Å². The first-order valence-electron chi connectivity index (χ1n) is 6.55. The van der Waals surface area contributed by atoms with Crippen LogP contribution < -0.4 is 21.7 Å². The summed E-state index contributed by atoms with van der Waals surface area (Å²) < 4.78 is 7.83. The summed E-state index contributed by atoms with van der Waals surface area (Å²) in [6, 6.07) is 0. The first-order valence-corrected chi connectivity index (χ1v) is 6.55. The van der Waals surface area contributed by atoms with Crippen LogP contribution in [0.3, 0.4) is 0 Å². The minimum absolute atomic E-state index is 0.0186. The maximum atomic E-state index is 11.9. The van der Waals surface area contributed by atoms with E-state index in [0.29, 0.717) is 6.54 Å². The van der Waals surface area contributed by atoms with Crippen molar-refractivity contribution in [1.82, 2.24) is 14.3 Å². The third-order valence-corrected chi connectivity index (χ3v) is 3.70. The first-order chi connectivity index (χ1) is 9.04. The summed E-state index contributed by atoms with van der Waals surface area (Å²) in [5.74, 6) is 0.229. The van der Waals surface area contributed by atoms with E-state index in [-0.39, 0.29) is 17.9 Å². The number of aromatic nitrogens is 3. The van der Waals surface area contributed by atoms with E-state index in [1.165, 1.54) is 14.1 Å². The van der Waals surface area contributed by atoms with Crippen molar-refractivity contribution in [2.45, 2.75) is 31.8 Å². The Labute approximate surface area is 111 Å². The normalized spacial score (nSPS) is 23.3. The van der Waals surface area contributed by atoms with E-state index >= 15 is 0 Å². The van der Waals surface area contributed by atoms with Crippen LogP contribution in [0.4, 0.5) is 0 Å². The Morgan fingerprint density at radius 2 is 2.00 bits per heavy atom. The smallest absolute Gasteiger partial charge is 0.347 e. The van der Waals surface area contributed by atoms with Crippen molar-refractivity contribution in [3.63, 3.8) is 0 Å². The topological polar surface area (TPSA) is 92.1 Å². The fourth-order valence-electron chi connectivity index (χ4n) is 2.48. The molecule has 0 radical (unpaired) electrons. The number of nitrogens with two attached hydrogens (primary N) is 1. The van der Waals surface area contributed by atoms with Gasteiger partial charge in [0.05, 0.1) is 0 Å². The lowest BCUT2D eigenvalue weighted by Crippen LogP contribution is -2.42. The van der Waals surface area contributed by atoms with Crippen LogP contribution in [0.15, 0.2) is 9.59 Å². The molecule has 7 nitrogen and oxygen atoms in total. The summed E-state index contributed by atoms with van der Waals surface area (Å²) in [6.45, 7) is 0.538. The quantitative estimate of drug-likeness (QED) is 0.788. The summed E-state index contributed by atoms with van der Waals surface area (Å²) in [7, 11) is 2.91. The minimum Gasteiger partial charge on any atom is -0.469 e. The lowest BCUT2D eigenvalue weighted by Gasteiger charge is -2.30. The molecule has 1 saturated carbocycles. The van der Waals surface area contributed by atoms with Crippen LogP contribution in [0.1, 0.15) is 25.7 Å². The Bertz CT molecular complexity index is 563. The molecule has 2 N–H and O–H groups in total. The highest BCUT2D eigenvalue weighted by Gasteiger charge is 2.27. The number of nitrogens with zero attached hydrogens (tertiary/aromatic N) is 3. The van der Waals surface area contributed by atoms with Crippen LogP contribution in [0.25, 0.3) is 0 Å². The molecule has 7 heteroatoms. The van der Waals surface area contributed by atoms with Crippen LogP contribution in [-0.2, 0) is 14.1 Å². The van der Waals surface area contributed by atoms with Gasteiger partial charge in [0.25, 0.3) is 5.88 Å². The third-order valence-electron chi connectivity index (χ3n) is 3.70. The molecule has 1 aliphatic carbocycles.